The van der Waals surface area contributed by atoms with E-state index in [0.29, 0.717) is 0 Å². The molecular weight excluding hydrogens is 272 g/mol. The first-order chi connectivity index (χ1) is 8.31. The van der Waals surface area contributed by atoms with Gasteiger partial charge < -0.3 is 0 Å². The van der Waals surface area contributed by atoms with Crippen molar-refractivity contribution in [2.24, 2.45) is 0 Å². The van der Waals surface area contributed by atoms with Gasteiger partial charge in [0, 0.05) is 4.47 Å². The first kappa shape index (κ1) is 11.0. The maximum atomic E-state index is 3.69. The van der Waals surface area contributed by atoms with Crippen LogP contribution in [0.1, 0.15) is 22.3 Å². The molecule has 0 atom stereocenters. The summed E-state index contributed by atoms with van der Waals surface area (Å²) in [4.78, 5) is 0. The average Bonchev–Trinajstić information content (AvgIpc) is 2.34. The Hall–Kier alpha value is -1.08. The summed E-state index contributed by atoms with van der Waals surface area (Å²) in [7, 11) is 0. The van der Waals surface area contributed by atoms with Gasteiger partial charge in [0.15, 0.2) is 0 Å². The van der Waals surface area contributed by atoms with E-state index in [1.54, 1.807) is 0 Å². The molecule has 0 unspecified atom stereocenters. The third-order valence-electron chi connectivity index (χ3n) is 3.53. The number of benzene rings is 2. The zero-order valence-corrected chi connectivity index (χ0v) is 11.3. The van der Waals surface area contributed by atoms with Gasteiger partial charge in [-0.05, 0) is 54.0 Å². The largest absolute Gasteiger partial charge is 0.0588 e. The maximum absolute atomic E-state index is 3.69. The summed E-state index contributed by atoms with van der Waals surface area (Å²) in [5, 5.41) is 0. The summed E-state index contributed by atoms with van der Waals surface area (Å²) in [6.07, 6.45) is 4.49. The van der Waals surface area contributed by atoms with E-state index in [9.17, 15) is 0 Å². The van der Waals surface area contributed by atoms with Crippen LogP contribution in [0.25, 0.3) is 0 Å². The minimum atomic E-state index is 1.11. The van der Waals surface area contributed by atoms with Crippen LogP contribution in [0, 0.1) is 0 Å². The van der Waals surface area contributed by atoms with Gasteiger partial charge in [0.05, 0.1) is 0 Å². The van der Waals surface area contributed by atoms with Crippen LogP contribution in [0.2, 0.25) is 0 Å². The zero-order valence-electron chi connectivity index (χ0n) is 9.75. The van der Waals surface area contributed by atoms with Gasteiger partial charge in [-0.15, -0.1) is 0 Å². The Morgan fingerprint density at radius 3 is 1.82 bits per heavy atom. The van der Waals surface area contributed by atoms with Gasteiger partial charge in [-0.1, -0.05) is 52.3 Å². The third-order valence-corrected chi connectivity index (χ3v) is 4.26. The summed E-state index contributed by atoms with van der Waals surface area (Å²) in [6, 6.07) is 15.9. The van der Waals surface area contributed by atoms with Crippen LogP contribution in [0.4, 0.5) is 0 Å². The Labute approximate surface area is 111 Å². The highest BCUT2D eigenvalue weighted by molar-refractivity contribution is 9.10. The second kappa shape index (κ2) is 4.66. The quantitative estimate of drug-likeness (QED) is 0.676. The Morgan fingerprint density at radius 1 is 0.647 bits per heavy atom. The van der Waals surface area contributed by atoms with Gasteiger partial charge >= 0.3 is 0 Å². The fourth-order valence-electron chi connectivity index (χ4n) is 2.39. The van der Waals surface area contributed by atoms with Crippen molar-refractivity contribution in [2.75, 3.05) is 0 Å². The van der Waals surface area contributed by atoms with Gasteiger partial charge in [-0.2, -0.15) is 0 Å². The van der Waals surface area contributed by atoms with Crippen LogP contribution < -0.4 is 0 Å². The van der Waals surface area contributed by atoms with E-state index >= 15 is 0 Å². The molecule has 2 aromatic carbocycles. The predicted molar refractivity (Wildman–Crippen MR) is 75.4 cm³/mol. The summed E-state index contributed by atoms with van der Waals surface area (Å²) in [6.45, 7) is 0. The van der Waals surface area contributed by atoms with Gasteiger partial charge in [-0.3, -0.25) is 0 Å². The molecule has 6 rings (SSSR count). The number of aryl methyl sites for hydroxylation is 4. The molecule has 2 aromatic rings. The van der Waals surface area contributed by atoms with E-state index in [4.69, 9.17) is 0 Å². The molecule has 86 valence electrons. The van der Waals surface area contributed by atoms with E-state index in [1.165, 1.54) is 26.7 Å². The van der Waals surface area contributed by atoms with E-state index < -0.39 is 0 Å². The first-order valence-electron chi connectivity index (χ1n) is 6.16. The molecule has 0 nitrogen and oxygen atoms in total. The number of hydrogen-bond donors (Lipinski definition) is 0. The van der Waals surface area contributed by atoms with Crippen LogP contribution in [0.3, 0.4) is 0 Å². The Morgan fingerprint density at radius 2 is 1.18 bits per heavy atom. The fraction of sp³-hybridized carbons (Fsp3) is 0.250. The van der Waals surface area contributed by atoms with E-state index in [2.05, 4.69) is 58.4 Å². The molecule has 4 bridgehead atoms. The van der Waals surface area contributed by atoms with Crippen molar-refractivity contribution in [1.82, 2.24) is 0 Å². The molecule has 0 saturated carbocycles. The summed E-state index contributed by atoms with van der Waals surface area (Å²) >= 11 is 3.69. The lowest BCUT2D eigenvalue weighted by molar-refractivity contribution is 0.917. The zero-order chi connectivity index (χ0) is 11.7. The van der Waals surface area contributed by atoms with E-state index in [1.807, 2.05) is 0 Å². The molecular formula is C16H15Br. The molecule has 4 aliphatic rings. The number of halogens is 1. The monoisotopic (exact) mass is 286 g/mol. The topological polar surface area (TPSA) is 0 Å². The third kappa shape index (κ3) is 2.44. The molecule has 0 aliphatic heterocycles. The molecule has 0 radical (unpaired) electrons. The van der Waals surface area contributed by atoms with E-state index in [0.717, 1.165) is 25.7 Å². The first-order valence-corrected chi connectivity index (χ1v) is 6.96. The molecule has 0 aromatic heterocycles. The Bertz CT molecular complexity index is 526. The molecule has 0 amide bonds. The molecule has 0 fully saturated rings. The van der Waals surface area contributed by atoms with Crippen LogP contribution in [0.15, 0.2) is 46.9 Å². The van der Waals surface area contributed by atoms with Crippen molar-refractivity contribution in [2.45, 2.75) is 25.7 Å². The lowest BCUT2D eigenvalue weighted by Gasteiger charge is -2.11. The van der Waals surface area contributed by atoms with Crippen molar-refractivity contribution in [3.63, 3.8) is 0 Å². The standard InChI is InChI=1S/C16H15Br/c17-16-11-14-6-5-12-1-3-13(4-2-12)7-9-15(16)10-8-14/h1-4,8,10-11H,5-7,9H2. The van der Waals surface area contributed by atoms with Crippen molar-refractivity contribution in [3.8, 4) is 0 Å². The second-order valence-electron chi connectivity index (χ2n) is 4.74. The second-order valence-corrected chi connectivity index (χ2v) is 5.60. The van der Waals surface area contributed by atoms with Crippen LogP contribution in [-0.2, 0) is 25.7 Å². The van der Waals surface area contributed by atoms with Gasteiger partial charge in [0.1, 0.15) is 0 Å². The molecule has 17 heavy (non-hydrogen) atoms. The Balaban J connectivity index is 2.00. The smallest absolute Gasteiger partial charge is 0.0210 e. The molecule has 0 spiro atoms. The SMILES string of the molecule is Brc1cc2ccc1CCc1ccc(cc1)CC2. The van der Waals surface area contributed by atoms with Crippen LogP contribution >= 0.6 is 15.9 Å². The van der Waals surface area contributed by atoms with Gasteiger partial charge in [0.2, 0.25) is 0 Å². The van der Waals surface area contributed by atoms with Crippen molar-refractivity contribution >= 4 is 15.9 Å². The van der Waals surface area contributed by atoms with Crippen LogP contribution in [-0.4, -0.2) is 0 Å². The van der Waals surface area contributed by atoms with Gasteiger partial charge in [-0.25, -0.2) is 0 Å². The van der Waals surface area contributed by atoms with E-state index in [-0.39, 0.29) is 0 Å². The Kier molecular flexibility index (Phi) is 3.02. The molecule has 4 aliphatic carbocycles. The normalized spacial score (nSPS) is 14.4. The summed E-state index contributed by atoms with van der Waals surface area (Å²) in [5.41, 5.74) is 5.71. The number of rotatable bonds is 0. The van der Waals surface area contributed by atoms with Crippen molar-refractivity contribution < 1.29 is 0 Å². The highest BCUT2D eigenvalue weighted by atomic mass is 79.9. The predicted octanol–water partition coefficient (Wildman–Crippen LogP) is 4.33. The molecule has 1 heteroatoms. The van der Waals surface area contributed by atoms with Crippen LogP contribution in [0.5, 0.6) is 0 Å². The highest BCUT2D eigenvalue weighted by Gasteiger charge is 2.05. The maximum Gasteiger partial charge on any atom is 0.0210 e. The minimum absolute atomic E-state index is 1.11. The van der Waals surface area contributed by atoms with Crippen molar-refractivity contribution in [1.29, 1.82) is 0 Å². The average molecular weight is 287 g/mol. The minimum Gasteiger partial charge on any atom is -0.0588 e. The summed E-state index contributed by atoms with van der Waals surface area (Å²) < 4.78 is 1.27. The molecule has 0 N–H and O–H groups in total. The summed E-state index contributed by atoms with van der Waals surface area (Å²) in [5.74, 6) is 0. The fourth-order valence-corrected chi connectivity index (χ4v) is 3.01. The lowest BCUT2D eigenvalue weighted by Crippen LogP contribution is -1.98. The lowest BCUT2D eigenvalue weighted by atomic mass is 9.97. The van der Waals surface area contributed by atoms with Crippen molar-refractivity contribution in [3.05, 3.63) is 69.2 Å². The highest BCUT2D eigenvalue weighted by Crippen LogP contribution is 2.22. The molecule has 0 saturated heterocycles. The molecule has 0 heterocycles. The van der Waals surface area contributed by atoms with Gasteiger partial charge in [0.25, 0.3) is 0 Å². The number of hydrogen-bond acceptors (Lipinski definition) is 0.